The highest BCUT2D eigenvalue weighted by Gasteiger charge is 2.08. The molecule has 0 atom stereocenters. The standard InChI is InChI=1S/C22H17ClN4O2/c1-15-24-20(27-11-2-3-12-27)14-21(25-15)29-19-9-7-18(8-10-19)26-22(28)16-5-4-6-17(23)13-16/h2-14H,1H3,(H,26,28). The quantitative estimate of drug-likeness (QED) is 0.491. The Kier molecular flexibility index (Phi) is 5.27. The van der Waals surface area contributed by atoms with Crippen molar-refractivity contribution in [2.75, 3.05) is 5.32 Å². The second kappa shape index (κ2) is 8.16. The lowest BCUT2D eigenvalue weighted by Gasteiger charge is -2.10. The minimum absolute atomic E-state index is 0.232. The highest BCUT2D eigenvalue weighted by Crippen LogP contribution is 2.23. The first-order valence-electron chi connectivity index (χ1n) is 8.91. The number of hydrogen-bond acceptors (Lipinski definition) is 4. The van der Waals surface area contributed by atoms with Crippen LogP contribution in [-0.2, 0) is 0 Å². The van der Waals surface area contributed by atoms with Gasteiger partial charge in [0.1, 0.15) is 17.4 Å². The number of carbonyl (C=O) groups excluding carboxylic acids is 1. The Morgan fingerprint density at radius 1 is 1.00 bits per heavy atom. The molecule has 7 heteroatoms. The molecule has 0 unspecified atom stereocenters. The fourth-order valence-electron chi connectivity index (χ4n) is 2.76. The summed E-state index contributed by atoms with van der Waals surface area (Å²) in [6.07, 6.45) is 3.81. The van der Waals surface area contributed by atoms with Gasteiger partial charge in [-0.25, -0.2) is 4.98 Å². The maximum Gasteiger partial charge on any atom is 0.255 e. The SMILES string of the molecule is Cc1nc(Oc2ccc(NC(=O)c3cccc(Cl)c3)cc2)cc(-n2cccc2)n1. The lowest BCUT2D eigenvalue weighted by molar-refractivity contribution is 0.102. The van der Waals surface area contributed by atoms with E-state index in [1.807, 2.05) is 36.0 Å². The summed E-state index contributed by atoms with van der Waals surface area (Å²) in [5.74, 6) is 2.14. The Hall–Kier alpha value is -3.64. The van der Waals surface area contributed by atoms with Crippen LogP contribution in [0.1, 0.15) is 16.2 Å². The average Bonchev–Trinajstić information content (AvgIpc) is 3.24. The molecular formula is C22H17ClN4O2. The van der Waals surface area contributed by atoms with Crippen molar-refractivity contribution in [3.8, 4) is 17.4 Å². The Morgan fingerprint density at radius 3 is 2.48 bits per heavy atom. The third-order valence-corrected chi connectivity index (χ3v) is 4.33. The second-order valence-electron chi connectivity index (χ2n) is 6.29. The van der Waals surface area contributed by atoms with Gasteiger partial charge in [-0.05, 0) is 61.5 Å². The molecule has 0 saturated heterocycles. The summed E-state index contributed by atoms with van der Waals surface area (Å²) in [4.78, 5) is 21.1. The van der Waals surface area contributed by atoms with Gasteiger partial charge in [0.2, 0.25) is 5.88 Å². The molecule has 0 aliphatic carbocycles. The number of carbonyl (C=O) groups is 1. The van der Waals surface area contributed by atoms with Crippen molar-refractivity contribution in [1.82, 2.24) is 14.5 Å². The molecule has 1 amide bonds. The smallest absolute Gasteiger partial charge is 0.255 e. The maximum atomic E-state index is 12.3. The first-order chi connectivity index (χ1) is 14.1. The highest BCUT2D eigenvalue weighted by molar-refractivity contribution is 6.31. The van der Waals surface area contributed by atoms with Crippen LogP contribution in [0.25, 0.3) is 5.82 Å². The van der Waals surface area contributed by atoms with Crippen LogP contribution in [0.5, 0.6) is 11.6 Å². The number of benzene rings is 2. The Balaban J connectivity index is 1.47. The van der Waals surface area contributed by atoms with E-state index < -0.39 is 0 Å². The topological polar surface area (TPSA) is 69.0 Å². The number of aryl methyl sites for hydroxylation is 1. The van der Waals surface area contributed by atoms with Gasteiger partial charge < -0.3 is 14.6 Å². The number of nitrogens with one attached hydrogen (secondary N) is 1. The van der Waals surface area contributed by atoms with Gasteiger partial charge in [0.25, 0.3) is 5.91 Å². The van der Waals surface area contributed by atoms with E-state index in [-0.39, 0.29) is 5.91 Å². The Labute approximate surface area is 172 Å². The van der Waals surface area contributed by atoms with Crippen LogP contribution in [0.15, 0.2) is 79.1 Å². The van der Waals surface area contributed by atoms with Crippen LogP contribution >= 0.6 is 11.6 Å². The number of rotatable bonds is 5. The van der Waals surface area contributed by atoms with Gasteiger partial charge in [0.05, 0.1) is 0 Å². The maximum absolute atomic E-state index is 12.3. The Bertz CT molecular complexity index is 1140. The molecule has 0 fully saturated rings. The molecule has 2 aromatic heterocycles. The molecule has 4 aromatic rings. The zero-order valence-electron chi connectivity index (χ0n) is 15.5. The van der Waals surface area contributed by atoms with Crippen molar-refractivity contribution in [2.45, 2.75) is 6.92 Å². The van der Waals surface area contributed by atoms with E-state index in [4.69, 9.17) is 16.3 Å². The van der Waals surface area contributed by atoms with Crippen LogP contribution in [0.2, 0.25) is 5.02 Å². The van der Waals surface area contributed by atoms with E-state index >= 15 is 0 Å². The summed E-state index contributed by atoms with van der Waals surface area (Å²) in [5.41, 5.74) is 1.14. The molecule has 0 aliphatic rings. The molecule has 0 aliphatic heterocycles. The van der Waals surface area contributed by atoms with Crippen LogP contribution in [-0.4, -0.2) is 20.4 Å². The van der Waals surface area contributed by atoms with Crippen molar-refractivity contribution in [3.05, 3.63) is 95.5 Å². The number of halogens is 1. The number of anilines is 1. The molecule has 6 nitrogen and oxygen atoms in total. The first kappa shape index (κ1) is 18.7. The minimum Gasteiger partial charge on any atom is -0.439 e. The highest BCUT2D eigenvalue weighted by atomic mass is 35.5. The van der Waals surface area contributed by atoms with E-state index in [1.54, 1.807) is 54.6 Å². The summed E-state index contributed by atoms with van der Waals surface area (Å²) in [5, 5.41) is 3.35. The number of aromatic nitrogens is 3. The zero-order valence-corrected chi connectivity index (χ0v) is 16.3. The third-order valence-electron chi connectivity index (χ3n) is 4.09. The number of nitrogens with zero attached hydrogens (tertiary/aromatic N) is 3. The monoisotopic (exact) mass is 404 g/mol. The molecule has 1 N–H and O–H groups in total. The van der Waals surface area contributed by atoms with E-state index in [2.05, 4.69) is 15.3 Å². The van der Waals surface area contributed by atoms with E-state index in [0.717, 1.165) is 5.82 Å². The van der Waals surface area contributed by atoms with Gasteiger partial charge in [0, 0.05) is 34.7 Å². The lowest BCUT2D eigenvalue weighted by atomic mass is 10.2. The van der Waals surface area contributed by atoms with Crippen LogP contribution in [0.3, 0.4) is 0 Å². The molecule has 29 heavy (non-hydrogen) atoms. The van der Waals surface area contributed by atoms with Gasteiger partial charge in [-0.1, -0.05) is 17.7 Å². The predicted molar refractivity (Wildman–Crippen MR) is 112 cm³/mol. The van der Waals surface area contributed by atoms with Gasteiger partial charge in [-0.15, -0.1) is 0 Å². The normalized spacial score (nSPS) is 10.6. The molecular weight excluding hydrogens is 388 g/mol. The van der Waals surface area contributed by atoms with Gasteiger partial charge in [-0.2, -0.15) is 4.98 Å². The average molecular weight is 405 g/mol. The van der Waals surface area contributed by atoms with Gasteiger partial charge >= 0.3 is 0 Å². The van der Waals surface area contributed by atoms with Crippen molar-refractivity contribution in [1.29, 1.82) is 0 Å². The van der Waals surface area contributed by atoms with E-state index in [9.17, 15) is 4.79 Å². The van der Waals surface area contributed by atoms with Gasteiger partial charge in [-0.3, -0.25) is 4.79 Å². The summed E-state index contributed by atoms with van der Waals surface area (Å²) >= 11 is 5.94. The first-order valence-corrected chi connectivity index (χ1v) is 9.28. The number of hydrogen-bond donors (Lipinski definition) is 1. The molecule has 2 heterocycles. The second-order valence-corrected chi connectivity index (χ2v) is 6.73. The van der Waals surface area contributed by atoms with Crippen molar-refractivity contribution >= 4 is 23.2 Å². The predicted octanol–water partition coefficient (Wildman–Crippen LogP) is 5.27. The third kappa shape index (κ3) is 4.62. The summed E-state index contributed by atoms with van der Waals surface area (Å²) in [6.45, 7) is 1.81. The van der Waals surface area contributed by atoms with Gasteiger partial charge in [0.15, 0.2) is 0 Å². The van der Waals surface area contributed by atoms with Crippen molar-refractivity contribution in [3.63, 3.8) is 0 Å². The largest absolute Gasteiger partial charge is 0.439 e. The molecule has 2 aromatic carbocycles. The number of ether oxygens (including phenoxy) is 1. The van der Waals surface area contributed by atoms with Crippen molar-refractivity contribution in [2.24, 2.45) is 0 Å². The molecule has 0 saturated carbocycles. The molecule has 4 rings (SSSR count). The molecule has 0 spiro atoms. The summed E-state index contributed by atoms with van der Waals surface area (Å²) in [6, 6.07) is 19.5. The fourth-order valence-corrected chi connectivity index (χ4v) is 2.95. The van der Waals surface area contributed by atoms with Crippen LogP contribution in [0.4, 0.5) is 5.69 Å². The number of amides is 1. The fraction of sp³-hybridized carbons (Fsp3) is 0.0455. The van der Waals surface area contributed by atoms with Crippen LogP contribution in [0, 0.1) is 6.92 Å². The molecule has 144 valence electrons. The summed E-state index contributed by atoms with van der Waals surface area (Å²) < 4.78 is 7.75. The zero-order chi connectivity index (χ0) is 20.2. The van der Waals surface area contributed by atoms with Crippen LogP contribution < -0.4 is 10.1 Å². The van der Waals surface area contributed by atoms with Crippen molar-refractivity contribution < 1.29 is 9.53 Å². The lowest BCUT2D eigenvalue weighted by Crippen LogP contribution is -2.11. The van der Waals surface area contributed by atoms with E-state index in [1.165, 1.54) is 0 Å². The van der Waals surface area contributed by atoms with E-state index in [0.29, 0.717) is 33.7 Å². The molecule has 0 radical (unpaired) electrons. The Morgan fingerprint density at radius 2 is 1.76 bits per heavy atom. The minimum atomic E-state index is -0.232. The molecule has 0 bridgehead atoms. The summed E-state index contributed by atoms with van der Waals surface area (Å²) in [7, 11) is 0.